The highest BCUT2D eigenvalue weighted by Gasteiger charge is 2.22. The molecule has 0 bridgehead atoms. The van der Waals surface area contributed by atoms with E-state index in [1.54, 1.807) is 31.3 Å². The summed E-state index contributed by atoms with van der Waals surface area (Å²) in [5, 5.41) is 0. The third kappa shape index (κ3) is 2.76. The third-order valence-corrected chi connectivity index (χ3v) is 3.25. The van der Waals surface area contributed by atoms with Crippen LogP contribution in [-0.2, 0) is 9.53 Å². The SMILES string of the molecule is CN(C=O)c1ccc(C(=O)C2CCCOC2)cc1. The monoisotopic (exact) mass is 247 g/mol. The Kier molecular flexibility index (Phi) is 4.10. The lowest BCUT2D eigenvalue weighted by atomic mass is 9.92. The molecule has 1 aliphatic rings. The topological polar surface area (TPSA) is 46.6 Å². The van der Waals surface area contributed by atoms with Gasteiger partial charge in [-0.3, -0.25) is 9.59 Å². The van der Waals surface area contributed by atoms with E-state index in [0.717, 1.165) is 31.5 Å². The number of Topliss-reactive ketones (excluding diaryl/α,β-unsaturated/α-hetero) is 1. The van der Waals surface area contributed by atoms with Gasteiger partial charge < -0.3 is 9.64 Å². The molecule has 0 N–H and O–H groups in total. The maximum Gasteiger partial charge on any atom is 0.213 e. The first-order chi connectivity index (χ1) is 8.72. The smallest absolute Gasteiger partial charge is 0.213 e. The largest absolute Gasteiger partial charge is 0.381 e. The van der Waals surface area contributed by atoms with E-state index in [9.17, 15) is 9.59 Å². The molecule has 1 saturated heterocycles. The van der Waals surface area contributed by atoms with Crippen molar-refractivity contribution in [2.45, 2.75) is 12.8 Å². The van der Waals surface area contributed by atoms with Crippen molar-refractivity contribution in [2.75, 3.05) is 25.2 Å². The summed E-state index contributed by atoms with van der Waals surface area (Å²) in [7, 11) is 1.68. The first-order valence-corrected chi connectivity index (χ1v) is 6.12. The molecule has 0 aliphatic carbocycles. The lowest BCUT2D eigenvalue weighted by molar-refractivity contribution is -0.107. The Bertz CT molecular complexity index is 421. The second-order valence-electron chi connectivity index (χ2n) is 4.54. The lowest BCUT2D eigenvalue weighted by Crippen LogP contribution is -2.25. The Labute approximate surface area is 107 Å². The minimum atomic E-state index is -0.0200. The van der Waals surface area contributed by atoms with Gasteiger partial charge in [0.1, 0.15) is 0 Å². The number of carbonyl (C=O) groups is 2. The van der Waals surface area contributed by atoms with Gasteiger partial charge in [-0.05, 0) is 37.1 Å². The molecule has 1 fully saturated rings. The van der Waals surface area contributed by atoms with E-state index in [1.807, 2.05) is 0 Å². The van der Waals surface area contributed by atoms with Crippen molar-refractivity contribution in [3.63, 3.8) is 0 Å². The van der Waals surface area contributed by atoms with Crippen LogP contribution in [0.5, 0.6) is 0 Å². The van der Waals surface area contributed by atoms with Gasteiger partial charge in [0.15, 0.2) is 5.78 Å². The van der Waals surface area contributed by atoms with Crippen LogP contribution in [0.1, 0.15) is 23.2 Å². The van der Waals surface area contributed by atoms with Gasteiger partial charge >= 0.3 is 0 Å². The van der Waals surface area contributed by atoms with Gasteiger partial charge in [-0.25, -0.2) is 0 Å². The van der Waals surface area contributed by atoms with E-state index >= 15 is 0 Å². The molecule has 1 aromatic rings. The summed E-state index contributed by atoms with van der Waals surface area (Å²) in [4.78, 5) is 24.3. The number of hydrogen-bond donors (Lipinski definition) is 0. The Hall–Kier alpha value is -1.68. The van der Waals surface area contributed by atoms with E-state index in [1.165, 1.54) is 4.90 Å². The predicted molar refractivity (Wildman–Crippen MR) is 68.8 cm³/mol. The molecule has 96 valence electrons. The number of benzene rings is 1. The zero-order chi connectivity index (χ0) is 13.0. The molecular formula is C14H17NO3. The van der Waals surface area contributed by atoms with E-state index in [2.05, 4.69) is 0 Å². The van der Waals surface area contributed by atoms with Crippen LogP contribution >= 0.6 is 0 Å². The zero-order valence-electron chi connectivity index (χ0n) is 10.5. The molecule has 0 spiro atoms. The molecular weight excluding hydrogens is 230 g/mol. The number of carbonyl (C=O) groups excluding carboxylic acids is 2. The second kappa shape index (κ2) is 5.78. The third-order valence-electron chi connectivity index (χ3n) is 3.25. The van der Waals surface area contributed by atoms with Crippen LogP contribution in [0.3, 0.4) is 0 Å². The molecule has 1 amide bonds. The molecule has 1 heterocycles. The van der Waals surface area contributed by atoms with Crippen molar-refractivity contribution in [2.24, 2.45) is 5.92 Å². The minimum absolute atomic E-state index is 0.0200. The normalized spacial score (nSPS) is 19.3. The molecule has 0 radical (unpaired) electrons. The van der Waals surface area contributed by atoms with Crippen molar-refractivity contribution in [3.05, 3.63) is 29.8 Å². The zero-order valence-corrected chi connectivity index (χ0v) is 10.5. The second-order valence-corrected chi connectivity index (χ2v) is 4.54. The molecule has 0 aromatic heterocycles. The molecule has 1 atom stereocenters. The van der Waals surface area contributed by atoms with Crippen LogP contribution in [0.2, 0.25) is 0 Å². The highest BCUT2D eigenvalue weighted by molar-refractivity contribution is 5.98. The summed E-state index contributed by atoms with van der Waals surface area (Å²) >= 11 is 0. The number of nitrogens with zero attached hydrogens (tertiary/aromatic N) is 1. The summed E-state index contributed by atoms with van der Waals surface area (Å²) in [6, 6.07) is 7.11. The Balaban J connectivity index is 2.08. The number of anilines is 1. The Morgan fingerprint density at radius 1 is 1.39 bits per heavy atom. The summed E-state index contributed by atoms with van der Waals surface area (Å²) in [5.41, 5.74) is 1.47. The summed E-state index contributed by atoms with van der Waals surface area (Å²) in [6.45, 7) is 1.28. The average Bonchev–Trinajstić information content (AvgIpc) is 2.47. The van der Waals surface area contributed by atoms with E-state index < -0.39 is 0 Å². The quantitative estimate of drug-likeness (QED) is 0.603. The van der Waals surface area contributed by atoms with Crippen LogP contribution < -0.4 is 4.90 Å². The molecule has 2 rings (SSSR count). The van der Waals surface area contributed by atoms with Crippen LogP contribution in [0.15, 0.2) is 24.3 Å². The standard InChI is InChI=1S/C14H17NO3/c1-15(10-16)13-6-4-11(5-7-13)14(17)12-3-2-8-18-9-12/h4-7,10,12H,2-3,8-9H2,1H3. The van der Waals surface area contributed by atoms with Gasteiger partial charge in [-0.15, -0.1) is 0 Å². The highest BCUT2D eigenvalue weighted by Crippen LogP contribution is 2.20. The molecule has 1 aromatic carbocycles. The number of ether oxygens (including phenoxy) is 1. The summed E-state index contributed by atoms with van der Waals surface area (Å²) in [6.07, 6.45) is 2.59. The van der Waals surface area contributed by atoms with E-state index in [0.29, 0.717) is 12.2 Å². The van der Waals surface area contributed by atoms with Crippen molar-refractivity contribution in [3.8, 4) is 0 Å². The van der Waals surface area contributed by atoms with Gasteiger partial charge in [0.25, 0.3) is 0 Å². The van der Waals surface area contributed by atoms with Crippen molar-refractivity contribution < 1.29 is 14.3 Å². The van der Waals surface area contributed by atoms with Gasteiger partial charge in [0.2, 0.25) is 6.41 Å². The first kappa shape index (κ1) is 12.8. The summed E-state index contributed by atoms with van der Waals surface area (Å²) in [5.74, 6) is 0.114. The van der Waals surface area contributed by atoms with E-state index in [4.69, 9.17) is 4.74 Å². The van der Waals surface area contributed by atoms with Crippen LogP contribution in [0.4, 0.5) is 5.69 Å². The maximum absolute atomic E-state index is 12.2. The summed E-state index contributed by atoms with van der Waals surface area (Å²) < 4.78 is 5.33. The number of hydrogen-bond acceptors (Lipinski definition) is 3. The molecule has 1 aliphatic heterocycles. The predicted octanol–water partition coefficient (Wildman–Crippen LogP) is 1.89. The molecule has 18 heavy (non-hydrogen) atoms. The fraction of sp³-hybridized carbons (Fsp3) is 0.429. The van der Waals surface area contributed by atoms with Crippen molar-refractivity contribution in [1.29, 1.82) is 0 Å². The first-order valence-electron chi connectivity index (χ1n) is 6.12. The van der Waals surface area contributed by atoms with Crippen LogP contribution in [-0.4, -0.2) is 32.5 Å². The maximum atomic E-state index is 12.2. The van der Waals surface area contributed by atoms with Crippen LogP contribution in [0, 0.1) is 5.92 Å². The molecule has 4 nitrogen and oxygen atoms in total. The Morgan fingerprint density at radius 3 is 2.67 bits per heavy atom. The fourth-order valence-electron chi connectivity index (χ4n) is 2.10. The molecule has 0 saturated carbocycles. The van der Waals surface area contributed by atoms with E-state index in [-0.39, 0.29) is 11.7 Å². The van der Waals surface area contributed by atoms with Gasteiger partial charge in [-0.2, -0.15) is 0 Å². The van der Waals surface area contributed by atoms with Gasteiger partial charge in [0.05, 0.1) is 6.61 Å². The lowest BCUT2D eigenvalue weighted by Gasteiger charge is -2.21. The molecule has 4 heteroatoms. The molecule has 1 unspecified atom stereocenters. The van der Waals surface area contributed by atoms with Crippen molar-refractivity contribution >= 4 is 17.9 Å². The Morgan fingerprint density at radius 2 is 2.11 bits per heavy atom. The minimum Gasteiger partial charge on any atom is -0.381 e. The fourth-order valence-corrected chi connectivity index (χ4v) is 2.10. The number of ketones is 1. The highest BCUT2D eigenvalue weighted by atomic mass is 16.5. The average molecular weight is 247 g/mol. The van der Waals surface area contributed by atoms with Crippen molar-refractivity contribution in [1.82, 2.24) is 0 Å². The number of rotatable bonds is 4. The van der Waals surface area contributed by atoms with Crippen LogP contribution in [0.25, 0.3) is 0 Å². The number of amides is 1. The van der Waals surface area contributed by atoms with Gasteiger partial charge in [-0.1, -0.05) is 0 Å². The van der Waals surface area contributed by atoms with Gasteiger partial charge in [0, 0.05) is 30.8 Å².